The zero-order valence-corrected chi connectivity index (χ0v) is 36.6. The predicted molar refractivity (Wildman–Crippen MR) is 219 cm³/mol. The van der Waals surface area contributed by atoms with Gasteiger partial charge in [0.25, 0.3) is 0 Å². The molecule has 1 aromatic carbocycles. The lowest BCUT2D eigenvalue weighted by molar-refractivity contribution is -0.314. The molecular weight excluding hydrogens is 758 g/mol. The molecule has 3 heterocycles. The highest BCUT2D eigenvalue weighted by Gasteiger charge is 2.54. The summed E-state index contributed by atoms with van der Waals surface area (Å²) >= 11 is 0. The Bertz CT molecular complexity index is 1680. The molecule has 12 heteroatoms. The number of Topliss-reactive ketones (excluding diaryl/α,β-unsaturated/α-hetero) is 1. The fourth-order valence-corrected chi connectivity index (χ4v) is 11.5. The van der Waals surface area contributed by atoms with E-state index in [1.54, 1.807) is 33.5 Å². The van der Waals surface area contributed by atoms with Crippen LogP contribution in [0.4, 0.5) is 4.39 Å². The third kappa shape index (κ3) is 9.31. The number of carbonyl (C=O) groups excluding carboxylic acids is 2. The van der Waals surface area contributed by atoms with Crippen molar-refractivity contribution in [1.29, 1.82) is 0 Å². The predicted octanol–water partition coefficient (Wildman–Crippen LogP) is 7.15. The number of fused-ring (bicyclic) bond motifs is 5. The molecule has 4 fully saturated rings. The van der Waals surface area contributed by atoms with E-state index in [1.807, 2.05) is 26.8 Å². The summed E-state index contributed by atoms with van der Waals surface area (Å²) in [4.78, 5) is 31.2. The molecule has 11 nitrogen and oxygen atoms in total. The molecular formula is C47H68FNO10. The van der Waals surface area contributed by atoms with Gasteiger partial charge in [-0.15, -0.1) is 0 Å². The van der Waals surface area contributed by atoms with Crippen LogP contribution in [-0.2, 0) is 47.5 Å². The molecule has 0 amide bonds. The lowest BCUT2D eigenvalue weighted by atomic mass is 9.65. The molecule has 0 aromatic heterocycles. The van der Waals surface area contributed by atoms with Crippen LogP contribution in [0, 0.1) is 41.3 Å². The fourth-order valence-electron chi connectivity index (χ4n) is 11.5. The number of ether oxygens (including phenoxy) is 8. The third-order valence-corrected chi connectivity index (χ3v) is 14.5. The van der Waals surface area contributed by atoms with Gasteiger partial charge >= 0.3 is 5.97 Å². The highest BCUT2D eigenvalue weighted by molar-refractivity contribution is 5.99. The molecule has 0 N–H and O–H groups in total. The van der Waals surface area contributed by atoms with E-state index in [9.17, 15) is 4.79 Å². The summed E-state index contributed by atoms with van der Waals surface area (Å²) in [5, 5.41) is 0. The van der Waals surface area contributed by atoms with Crippen LogP contribution in [0.25, 0.3) is 5.57 Å². The maximum absolute atomic E-state index is 15.1. The quantitative estimate of drug-likeness (QED) is 0.224. The first-order chi connectivity index (χ1) is 28.3. The van der Waals surface area contributed by atoms with Gasteiger partial charge in [0.05, 0.1) is 30.8 Å². The first-order valence-electron chi connectivity index (χ1n) is 22.1. The molecule has 0 bridgehead atoms. The molecule has 0 spiro atoms. The van der Waals surface area contributed by atoms with Gasteiger partial charge in [0, 0.05) is 39.2 Å². The highest BCUT2D eigenvalue weighted by Crippen LogP contribution is 2.58. The molecule has 328 valence electrons. The van der Waals surface area contributed by atoms with Gasteiger partial charge in [0.15, 0.2) is 18.4 Å². The van der Waals surface area contributed by atoms with Crippen LogP contribution in [0.2, 0.25) is 0 Å². The number of rotatable bonds is 10. The Morgan fingerprint density at radius 2 is 1.61 bits per heavy atom. The Morgan fingerprint density at radius 1 is 0.847 bits per heavy atom. The highest BCUT2D eigenvalue weighted by atomic mass is 19.1. The topological polar surface area (TPSA) is 111 Å². The van der Waals surface area contributed by atoms with Crippen molar-refractivity contribution in [3.05, 3.63) is 53.4 Å². The van der Waals surface area contributed by atoms with Crippen molar-refractivity contribution >= 4 is 17.3 Å². The number of methoxy groups -OCH3 is 3. The number of carbonyl (C=O) groups is 2. The minimum atomic E-state index is -0.679. The van der Waals surface area contributed by atoms with Gasteiger partial charge in [-0.25, -0.2) is 4.39 Å². The summed E-state index contributed by atoms with van der Waals surface area (Å²) in [5.41, 5.74) is 2.39. The zero-order chi connectivity index (χ0) is 42.1. The second kappa shape index (κ2) is 19.2. The Morgan fingerprint density at radius 3 is 2.29 bits per heavy atom. The van der Waals surface area contributed by atoms with E-state index in [0.29, 0.717) is 43.7 Å². The van der Waals surface area contributed by atoms with Crippen molar-refractivity contribution in [2.75, 3.05) is 35.4 Å². The average molecular weight is 826 g/mol. The largest absolute Gasteiger partial charge is 0.462 e. The average Bonchev–Trinajstić information content (AvgIpc) is 3.79. The van der Waals surface area contributed by atoms with E-state index >= 15 is 9.18 Å². The van der Waals surface area contributed by atoms with E-state index < -0.39 is 30.5 Å². The van der Waals surface area contributed by atoms with E-state index in [1.165, 1.54) is 6.07 Å². The van der Waals surface area contributed by atoms with Crippen LogP contribution >= 0.6 is 0 Å². The van der Waals surface area contributed by atoms with Crippen molar-refractivity contribution in [2.45, 2.75) is 153 Å². The summed E-state index contributed by atoms with van der Waals surface area (Å²) in [6.45, 7) is 8.06. The molecule has 17 atom stereocenters. The number of allylic oxidation sites excluding steroid dienone is 4. The molecule has 6 aliphatic rings. The molecule has 59 heavy (non-hydrogen) atoms. The van der Waals surface area contributed by atoms with E-state index in [0.717, 1.165) is 30.4 Å². The van der Waals surface area contributed by atoms with Crippen molar-refractivity contribution < 1.29 is 51.9 Å². The Labute approximate surface area is 350 Å². The Balaban J connectivity index is 1.21. The van der Waals surface area contributed by atoms with Gasteiger partial charge in [-0.3, -0.25) is 9.59 Å². The Kier molecular flexibility index (Phi) is 14.5. The van der Waals surface area contributed by atoms with E-state index in [2.05, 4.69) is 38.1 Å². The summed E-state index contributed by atoms with van der Waals surface area (Å²) in [5.74, 6) is -1.68. The zero-order valence-electron chi connectivity index (χ0n) is 36.6. The lowest BCUT2D eigenvalue weighted by Gasteiger charge is -2.44. The standard InChI is InChI=1S/C47H68FNO10/c1-10-31-15-12-16-39(59-41-18-17-38(49(5)6)26(3)55-41)25(2)43(51)37-23-35-33-22-32(58-47-46(54-9)45(53-8)44(52-7)27(4)56-47)20-29(33)21-34(28-13-11-14-30(48)19-28)42(35)36(37)24-40(50)57-31/h11,13-14,19,21,23,25-27,29,31-33,35-36,38-39,41-42,44-47H,10,12,15-18,20,22,24H2,1-9H3/t25-,26?,27?,29?,31+,32-,33-,35+,36-,38+,39+,41+,42?,44+,45?,46?,47+/m1/s1. The van der Waals surface area contributed by atoms with E-state index in [-0.39, 0.29) is 90.4 Å². The molecule has 7 rings (SSSR count). The van der Waals surface area contributed by atoms with Crippen LogP contribution in [0.1, 0.15) is 91.0 Å². The fraction of sp³-hybridized carbons (Fsp3) is 0.745. The van der Waals surface area contributed by atoms with Crippen molar-refractivity contribution in [3.8, 4) is 0 Å². The van der Waals surface area contributed by atoms with Gasteiger partial charge in [0.1, 0.15) is 30.2 Å². The molecule has 1 aromatic rings. The smallest absolute Gasteiger partial charge is 0.306 e. The first kappa shape index (κ1) is 44.5. The van der Waals surface area contributed by atoms with Gasteiger partial charge in [0.2, 0.25) is 0 Å². The van der Waals surface area contributed by atoms with Crippen molar-refractivity contribution in [2.24, 2.45) is 35.5 Å². The summed E-state index contributed by atoms with van der Waals surface area (Å²) in [6.07, 6.45) is 7.03. The van der Waals surface area contributed by atoms with E-state index in [4.69, 9.17) is 37.9 Å². The number of halogens is 1. The number of ketones is 1. The maximum atomic E-state index is 15.1. The van der Waals surface area contributed by atoms with Crippen molar-refractivity contribution in [3.63, 3.8) is 0 Å². The molecule has 0 radical (unpaired) electrons. The van der Waals surface area contributed by atoms with Crippen molar-refractivity contribution in [1.82, 2.24) is 4.90 Å². The molecule has 3 aliphatic heterocycles. The van der Waals surface area contributed by atoms with Crippen LogP contribution in [0.3, 0.4) is 0 Å². The van der Waals surface area contributed by atoms with Crippen LogP contribution in [0.5, 0.6) is 0 Å². The summed E-state index contributed by atoms with van der Waals surface area (Å²) < 4.78 is 65.1. The number of hydrogen-bond donors (Lipinski definition) is 0. The van der Waals surface area contributed by atoms with Gasteiger partial charge in [-0.1, -0.05) is 38.1 Å². The van der Waals surface area contributed by atoms with Crippen LogP contribution < -0.4 is 0 Å². The van der Waals surface area contributed by atoms with Gasteiger partial charge in [-0.05, 0) is 132 Å². The second-order valence-electron chi connectivity index (χ2n) is 18.2. The SMILES string of the molecule is CC[C@H]1CCC[C@H](O[C@H]2CC[C@H](N(C)C)C(C)O2)[C@@H](C)C(=O)C2=C[C@@H]3C(C(c4cccc(F)c4)=CC4C[C@@H](O[C@@H]5OC(C)[C@H](OC)C(OC)C5OC)C[C@H]43)[C@@H]2CC(=O)O1. The first-order valence-corrected chi connectivity index (χ1v) is 22.1. The number of hydrogen-bond acceptors (Lipinski definition) is 11. The normalized spacial score (nSPS) is 41.8. The molecule has 3 aliphatic carbocycles. The number of esters is 1. The molecule has 1 saturated carbocycles. The monoisotopic (exact) mass is 825 g/mol. The Hall–Kier alpha value is -2.55. The number of nitrogens with zero attached hydrogens (tertiary/aromatic N) is 1. The minimum absolute atomic E-state index is 0.00313. The third-order valence-electron chi connectivity index (χ3n) is 14.5. The number of likely N-dealkylation sites (N-methyl/N-ethyl adjacent to an activating group) is 1. The summed E-state index contributed by atoms with van der Waals surface area (Å²) in [7, 11) is 9.06. The van der Waals surface area contributed by atoms with Crippen LogP contribution in [0.15, 0.2) is 42.0 Å². The van der Waals surface area contributed by atoms with Gasteiger partial charge in [-0.2, -0.15) is 0 Å². The maximum Gasteiger partial charge on any atom is 0.306 e. The second-order valence-corrected chi connectivity index (χ2v) is 18.2. The summed E-state index contributed by atoms with van der Waals surface area (Å²) in [6, 6.07) is 6.99. The minimum Gasteiger partial charge on any atom is -0.462 e. The number of cyclic esters (lactones) is 1. The van der Waals surface area contributed by atoms with Gasteiger partial charge < -0.3 is 42.8 Å². The molecule has 3 saturated heterocycles. The van der Waals surface area contributed by atoms with Crippen LogP contribution in [-0.4, -0.2) is 120 Å². The lowest BCUT2D eigenvalue weighted by Crippen LogP contribution is -2.59. The number of benzene rings is 1. The molecule has 6 unspecified atom stereocenters.